The summed E-state index contributed by atoms with van der Waals surface area (Å²) in [4.78, 5) is 16.5. The molecule has 16 heavy (non-hydrogen) atoms. The molecule has 0 aromatic carbocycles. The molecule has 0 atom stereocenters. The Morgan fingerprint density at radius 3 is 2.69 bits per heavy atom. The minimum absolute atomic E-state index is 0.298. The van der Waals surface area contributed by atoms with Crippen LogP contribution in [0.3, 0.4) is 0 Å². The fourth-order valence-electron chi connectivity index (χ4n) is 2.12. The molecular formula is C13H19NOS. The maximum Gasteiger partial charge on any atom is 0.186 e. The number of carbonyl (C=O) groups is 1. The van der Waals surface area contributed by atoms with Crippen molar-refractivity contribution in [2.45, 2.75) is 32.6 Å². The summed E-state index contributed by atoms with van der Waals surface area (Å²) >= 11 is 1.65. The molecule has 0 spiro atoms. The van der Waals surface area contributed by atoms with Gasteiger partial charge in [0.15, 0.2) is 5.78 Å². The van der Waals surface area contributed by atoms with E-state index in [1.165, 1.54) is 24.1 Å². The van der Waals surface area contributed by atoms with E-state index >= 15 is 0 Å². The Morgan fingerprint density at radius 2 is 2.06 bits per heavy atom. The Morgan fingerprint density at radius 1 is 1.31 bits per heavy atom. The molecule has 0 amide bonds. The summed E-state index contributed by atoms with van der Waals surface area (Å²) in [5, 5.41) is 0. The van der Waals surface area contributed by atoms with Crippen molar-refractivity contribution in [3.05, 3.63) is 21.9 Å². The van der Waals surface area contributed by atoms with Crippen LogP contribution in [0.15, 0.2) is 12.1 Å². The quantitative estimate of drug-likeness (QED) is 0.750. The van der Waals surface area contributed by atoms with E-state index in [0.717, 1.165) is 24.4 Å². The fourth-order valence-corrected chi connectivity index (χ4v) is 2.99. The number of piperidine rings is 1. The number of nitrogens with zero attached hydrogens (tertiary/aromatic N) is 1. The second-order valence-corrected chi connectivity index (χ2v) is 5.55. The first-order chi connectivity index (χ1) is 7.79. The van der Waals surface area contributed by atoms with E-state index in [0.29, 0.717) is 12.3 Å². The van der Waals surface area contributed by atoms with Gasteiger partial charge in [0.1, 0.15) is 0 Å². The summed E-state index contributed by atoms with van der Waals surface area (Å²) in [6, 6.07) is 4.06. The zero-order chi connectivity index (χ0) is 11.4. The third kappa shape index (κ3) is 2.92. The molecule has 2 nitrogen and oxygen atoms in total. The maximum atomic E-state index is 12.0. The standard InChI is InChI=1S/C13H19NOS/c1-2-11-6-7-13(16-11)12(15)10-14-8-4-3-5-9-14/h6-7H,2-5,8-10H2,1H3. The largest absolute Gasteiger partial charge is 0.296 e. The normalized spacial score (nSPS) is 17.6. The number of thiophene rings is 1. The minimum atomic E-state index is 0.298. The van der Waals surface area contributed by atoms with Gasteiger partial charge in [-0.15, -0.1) is 11.3 Å². The Bertz CT molecular complexity index is 353. The van der Waals surface area contributed by atoms with Crippen LogP contribution >= 0.6 is 11.3 Å². The smallest absolute Gasteiger partial charge is 0.186 e. The van der Waals surface area contributed by atoms with Crippen LogP contribution in [0.2, 0.25) is 0 Å². The first-order valence-corrected chi connectivity index (χ1v) is 6.95. The highest BCUT2D eigenvalue weighted by molar-refractivity contribution is 7.14. The van der Waals surface area contributed by atoms with Gasteiger partial charge in [0.05, 0.1) is 11.4 Å². The summed E-state index contributed by atoms with van der Waals surface area (Å²) in [6.07, 6.45) is 4.85. The highest BCUT2D eigenvalue weighted by Crippen LogP contribution is 2.18. The van der Waals surface area contributed by atoms with E-state index in [1.807, 2.05) is 6.07 Å². The molecule has 1 aromatic rings. The van der Waals surface area contributed by atoms with Crippen molar-refractivity contribution in [3.63, 3.8) is 0 Å². The van der Waals surface area contributed by atoms with E-state index in [1.54, 1.807) is 11.3 Å². The van der Waals surface area contributed by atoms with Gasteiger partial charge >= 0.3 is 0 Å². The van der Waals surface area contributed by atoms with E-state index in [2.05, 4.69) is 17.9 Å². The van der Waals surface area contributed by atoms with Crippen molar-refractivity contribution in [2.24, 2.45) is 0 Å². The molecule has 2 rings (SSSR count). The van der Waals surface area contributed by atoms with Crippen LogP contribution in [0.25, 0.3) is 0 Å². The molecule has 1 aliphatic rings. The van der Waals surface area contributed by atoms with Crippen LogP contribution in [0, 0.1) is 0 Å². The van der Waals surface area contributed by atoms with Crippen LogP contribution in [-0.4, -0.2) is 30.3 Å². The predicted octanol–water partition coefficient (Wildman–Crippen LogP) is 2.98. The minimum Gasteiger partial charge on any atom is -0.296 e. The molecule has 1 fully saturated rings. The first kappa shape index (κ1) is 11.8. The maximum absolute atomic E-state index is 12.0. The molecule has 0 N–H and O–H groups in total. The third-order valence-electron chi connectivity index (χ3n) is 3.10. The molecule has 0 bridgehead atoms. The monoisotopic (exact) mass is 237 g/mol. The van der Waals surface area contributed by atoms with Crippen LogP contribution in [-0.2, 0) is 6.42 Å². The van der Waals surface area contributed by atoms with E-state index in [4.69, 9.17) is 0 Å². The van der Waals surface area contributed by atoms with Gasteiger partial charge in [-0.3, -0.25) is 9.69 Å². The lowest BCUT2D eigenvalue weighted by Gasteiger charge is -2.25. The molecule has 1 aliphatic heterocycles. The molecule has 1 saturated heterocycles. The summed E-state index contributed by atoms with van der Waals surface area (Å²) in [5.41, 5.74) is 0. The number of hydrogen-bond acceptors (Lipinski definition) is 3. The van der Waals surface area contributed by atoms with Gasteiger partial charge in [-0.25, -0.2) is 0 Å². The number of carbonyl (C=O) groups excluding carboxylic acids is 1. The highest BCUT2D eigenvalue weighted by Gasteiger charge is 2.16. The Kier molecular flexibility index (Phi) is 4.13. The number of Topliss-reactive ketones (excluding diaryl/α,β-unsaturated/α-hetero) is 1. The van der Waals surface area contributed by atoms with Crippen molar-refractivity contribution in [1.29, 1.82) is 0 Å². The summed E-state index contributed by atoms with van der Waals surface area (Å²) in [7, 11) is 0. The highest BCUT2D eigenvalue weighted by atomic mass is 32.1. The predicted molar refractivity (Wildman–Crippen MR) is 68.3 cm³/mol. The summed E-state index contributed by atoms with van der Waals surface area (Å²) in [5.74, 6) is 0.298. The number of likely N-dealkylation sites (tertiary alicyclic amines) is 1. The van der Waals surface area contributed by atoms with Gasteiger partial charge < -0.3 is 0 Å². The fraction of sp³-hybridized carbons (Fsp3) is 0.615. The van der Waals surface area contributed by atoms with Crippen molar-refractivity contribution < 1.29 is 4.79 Å². The van der Waals surface area contributed by atoms with Crippen molar-refractivity contribution in [1.82, 2.24) is 4.90 Å². The van der Waals surface area contributed by atoms with E-state index in [9.17, 15) is 4.79 Å². The zero-order valence-electron chi connectivity index (χ0n) is 9.87. The van der Waals surface area contributed by atoms with Crippen molar-refractivity contribution in [2.75, 3.05) is 19.6 Å². The number of aryl methyl sites for hydroxylation is 1. The van der Waals surface area contributed by atoms with E-state index < -0.39 is 0 Å². The zero-order valence-corrected chi connectivity index (χ0v) is 10.7. The molecule has 0 saturated carbocycles. The molecule has 0 unspecified atom stereocenters. The van der Waals surface area contributed by atoms with Gasteiger partial charge in [-0.05, 0) is 44.5 Å². The summed E-state index contributed by atoms with van der Waals surface area (Å²) in [6.45, 7) is 4.93. The second-order valence-electron chi connectivity index (χ2n) is 4.38. The first-order valence-electron chi connectivity index (χ1n) is 6.14. The molecule has 1 aromatic heterocycles. The summed E-state index contributed by atoms with van der Waals surface area (Å²) < 4.78 is 0. The molecule has 2 heterocycles. The molecule has 88 valence electrons. The van der Waals surface area contributed by atoms with Crippen molar-refractivity contribution >= 4 is 17.1 Å². The van der Waals surface area contributed by atoms with Gasteiger partial charge in [0.2, 0.25) is 0 Å². The molecule has 0 radical (unpaired) electrons. The third-order valence-corrected chi connectivity index (χ3v) is 4.37. The SMILES string of the molecule is CCc1ccc(C(=O)CN2CCCCC2)s1. The lowest BCUT2D eigenvalue weighted by molar-refractivity contribution is 0.0920. The number of hydrogen-bond donors (Lipinski definition) is 0. The number of rotatable bonds is 4. The van der Waals surface area contributed by atoms with Crippen LogP contribution < -0.4 is 0 Å². The van der Waals surface area contributed by atoms with Gasteiger partial charge in [0.25, 0.3) is 0 Å². The lowest BCUT2D eigenvalue weighted by atomic mass is 10.1. The van der Waals surface area contributed by atoms with Crippen LogP contribution in [0.1, 0.15) is 40.7 Å². The Balaban J connectivity index is 1.91. The van der Waals surface area contributed by atoms with Gasteiger partial charge in [0, 0.05) is 4.88 Å². The Labute approximate surface area is 101 Å². The average Bonchev–Trinajstić information content (AvgIpc) is 2.79. The Hall–Kier alpha value is -0.670. The van der Waals surface area contributed by atoms with Crippen LogP contribution in [0.4, 0.5) is 0 Å². The number of ketones is 1. The van der Waals surface area contributed by atoms with Gasteiger partial charge in [-0.1, -0.05) is 13.3 Å². The van der Waals surface area contributed by atoms with Crippen molar-refractivity contribution in [3.8, 4) is 0 Å². The molecule has 0 aliphatic carbocycles. The van der Waals surface area contributed by atoms with E-state index in [-0.39, 0.29) is 0 Å². The average molecular weight is 237 g/mol. The lowest BCUT2D eigenvalue weighted by Crippen LogP contribution is -2.34. The molecular weight excluding hydrogens is 218 g/mol. The molecule has 3 heteroatoms. The topological polar surface area (TPSA) is 20.3 Å². The second kappa shape index (κ2) is 5.60. The van der Waals surface area contributed by atoms with Crippen LogP contribution in [0.5, 0.6) is 0 Å². The van der Waals surface area contributed by atoms with Gasteiger partial charge in [-0.2, -0.15) is 0 Å².